The van der Waals surface area contributed by atoms with E-state index in [0.29, 0.717) is 37.8 Å². The van der Waals surface area contributed by atoms with Crippen molar-refractivity contribution in [2.45, 2.75) is 24.7 Å². The Balaban J connectivity index is 1.47. The molecule has 0 unspecified atom stereocenters. The summed E-state index contributed by atoms with van der Waals surface area (Å²) in [6.07, 6.45) is 0. The van der Waals surface area contributed by atoms with E-state index in [2.05, 4.69) is 24.1 Å². The van der Waals surface area contributed by atoms with Crippen molar-refractivity contribution in [2.75, 3.05) is 43.5 Å². The Morgan fingerprint density at radius 2 is 1.76 bits per heavy atom. The number of sulfonamides is 1. The second-order valence-corrected chi connectivity index (χ2v) is 11.3. The largest absolute Gasteiger partial charge is 0.497 e. The lowest BCUT2D eigenvalue weighted by molar-refractivity contribution is 0.102. The van der Waals surface area contributed by atoms with Crippen molar-refractivity contribution in [3.8, 4) is 5.75 Å². The lowest BCUT2D eigenvalue weighted by atomic mass is 10.0. The fraction of sp³-hybridized carbons (Fsp3) is 0.320. The second-order valence-electron chi connectivity index (χ2n) is 8.44. The molecule has 7 nitrogen and oxygen atoms in total. The van der Waals surface area contributed by atoms with Gasteiger partial charge in [-0.05, 0) is 47.2 Å². The molecule has 34 heavy (non-hydrogen) atoms. The fourth-order valence-electron chi connectivity index (χ4n) is 3.96. The molecular formula is C25H29N3O4S2. The molecule has 1 saturated heterocycles. The Kier molecular flexibility index (Phi) is 7.25. The summed E-state index contributed by atoms with van der Waals surface area (Å²) in [5.74, 6) is 0.676. The SMILES string of the molecule is COc1cccc(N2CCN(S(=O)(=O)c3ccsc3C(=O)Nc3cccc(C(C)C)c3)CC2)c1. The van der Waals surface area contributed by atoms with Gasteiger partial charge in [-0.1, -0.05) is 32.0 Å². The Morgan fingerprint density at radius 1 is 1.03 bits per heavy atom. The summed E-state index contributed by atoms with van der Waals surface area (Å²) in [5, 5.41) is 4.51. The molecule has 1 aromatic heterocycles. The van der Waals surface area contributed by atoms with Crippen LogP contribution in [0, 0.1) is 0 Å². The van der Waals surface area contributed by atoms with Gasteiger partial charge in [-0.3, -0.25) is 4.79 Å². The first kappa shape index (κ1) is 24.3. The number of amides is 1. The Labute approximate surface area is 205 Å². The third-order valence-electron chi connectivity index (χ3n) is 5.92. The van der Waals surface area contributed by atoms with E-state index in [-0.39, 0.29) is 9.77 Å². The van der Waals surface area contributed by atoms with Gasteiger partial charge in [0.2, 0.25) is 10.0 Å². The molecule has 1 N–H and O–H groups in total. The molecule has 3 aromatic rings. The molecule has 0 bridgehead atoms. The Hall–Kier alpha value is -2.88. The minimum absolute atomic E-state index is 0.0600. The number of hydrogen-bond donors (Lipinski definition) is 1. The molecule has 2 aromatic carbocycles. The van der Waals surface area contributed by atoms with Gasteiger partial charge in [0, 0.05) is 43.6 Å². The number of thiophene rings is 1. The second kappa shape index (κ2) is 10.2. The highest BCUT2D eigenvalue weighted by molar-refractivity contribution is 7.89. The van der Waals surface area contributed by atoms with Gasteiger partial charge in [0.05, 0.1) is 7.11 Å². The first-order valence-electron chi connectivity index (χ1n) is 11.2. The van der Waals surface area contributed by atoms with Crippen LogP contribution in [0.4, 0.5) is 11.4 Å². The van der Waals surface area contributed by atoms with Crippen molar-refractivity contribution in [1.29, 1.82) is 0 Å². The molecule has 9 heteroatoms. The minimum Gasteiger partial charge on any atom is -0.497 e. The standard InChI is InChI=1S/C25H29N3O4S2/c1-18(2)19-6-4-7-20(16-19)26-25(29)24-23(10-15-33-24)34(30,31)28-13-11-27(12-14-28)21-8-5-9-22(17-21)32-3/h4-10,15-18H,11-14H2,1-3H3,(H,26,29). The summed E-state index contributed by atoms with van der Waals surface area (Å²) in [7, 11) is -2.17. The third kappa shape index (κ3) is 5.11. The molecule has 0 radical (unpaired) electrons. The molecule has 4 rings (SSSR count). The van der Waals surface area contributed by atoms with Gasteiger partial charge in [0.25, 0.3) is 5.91 Å². The van der Waals surface area contributed by atoms with Crippen LogP contribution in [0.25, 0.3) is 0 Å². The van der Waals surface area contributed by atoms with Crippen LogP contribution < -0.4 is 15.0 Å². The lowest BCUT2D eigenvalue weighted by Gasteiger charge is -2.35. The quantitative estimate of drug-likeness (QED) is 0.512. The van der Waals surface area contributed by atoms with Crippen molar-refractivity contribution in [3.05, 3.63) is 70.4 Å². The summed E-state index contributed by atoms with van der Waals surface area (Å²) in [6, 6.07) is 16.9. The highest BCUT2D eigenvalue weighted by Crippen LogP contribution is 2.29. The number of piperazine rings is 1. The summed E-state index contributed by atoms with van der Waals surface area (Å²) < 4.78 is 33.6. The third-order valence-corrected chi connectivity index (χ3v) is 8.90. The summed E-state index contributed by atoms with van der Waals surface area (Å²) in [4.78, 5) is 15.4. The average molecular weight is 500 g/mol. The van der Waals surface area contributed by atoms with Crippen molar-refractivity contribution >= 4 is 38.6 Å². The lowest BCUT2D eigenvalue weighted by Crippen LogP contribution is -2.48. The first-order valence-corrected chi connectivity index (χ1v) is 13.5. The predicted molar refractivity (Wildman–Crippen MR) is 137 cm³/mol. The van der Waals surface area contributed by atoms with Gasteiger partial charge in [0.15, 0.2) is 0 Å². The number of benzene rings is 2. The van der Waals surface area contributed by atoms with E-state index < -0.39 is 15.9 Å². The van der Waals surface area contributed by atoms with E-state index in [1.807, 2.05) is 48.5 Å². The summed E-state index contributed by atoms with van der Waals surface area (Å²) >= 11 is 1.14. The van der Waals surface area contributed by atoms with E-state index in [1.54, 1.807) is 12.5 Å². The van der Waals surface area contributed by atoms with Crippen molar-refractivity contribution < 1.29 is 17.9 Å². The zero-order valence-electron chi connectivity index (χ0n) is 19.5. The maximum atomic E-state index is 13.4. The monoisotopic (exact) mass is 499 g/mol. The van der Waals surface area contributed by atoms with Crippen LogP contribution in [0.1, 0.15) is 35.0 Å². The highest BCUT2D eigenvalue weighted by Gasteiger charge is 2.32. The number of carbonyl (C=O) groups excluding carboxylic acids is 1. The van der Waals surface area contributed by atoms with Crippen molar-refractivity contribution in [2.24, 2.45) is 0 Å². The molecule has 1 aliphatic heterocycles. The number of nitrogens with one attached hydrogen (secondary N) is 1. The van der Waals surface area contributed by atoms with Crippen LogP contribution in [-0.4, -0.2) is 51.9 Å². The van der Waals surface area contributed by atoms with Gasteiger partial charge < -0.3 is 15.0 Å². The van der Waals surface area contributed by atoms with E-state index >= 15 is 0 Å². The number of anilines is 2. The van der Waals surface area contributed by atoms with Crippen LogP contribution in [0.2, 0.25) is 0 Å². The van der Waals surface area contributed by atoms with Gasteiger partial charge in [-0.25, -0.2) is 8.42 Å². The molecule has 2 heterocycles. The van der Waals surface area contributed by atoms with E-state index in [1.165, 1.54) is 10.4 Å². The van der Waals surface area contributed by atoms with E-state index in [4.69, 9.17) is 4.74 Å². The summed E-state index contributed by atoms with van der Waals surface area (Å²) in [5.41, 5.74) is 2.75. The average Bonchev–Trinajstić information content (AvgIpc) is 3.36. The minimum atomic E-state index is -3.80. The van der Waals surface area contributed by atoms with E-state index in [0.717, 1.165) is 28.3 Å². The normalized spacial score (nSPS) is 14.9. The smallest absolute Gasteiger partial charge is 0.267 e. The topological polar surface area (TPSA) is 79.0 Å². The highest BCUT2D eigenvalue weighted by atomic mass is 32.2. The van der Waals surface area contributed by atoms with Crippen LogP contribution in [-0.2, 0) is 10.0 Å². The number of hydrogen-bond acceptors (Lipinski definition) is 6. The number of nitrogens with zero attached hydrogens (tertiary/aromatic N) is 2. The molecular weight excluding hydrogens is 470 g/mol. The number of ether oxygens (including phenoxy) is 1. The van der Waals surface area contributed by atoms with Gasteiger partial charge in [-0.2, -0.15) is 4.31 Å². The van der Waals surface area contributed by atoms with Crippen LogP contribution in [0.5, 0.6) is 5.75 Å². The Morgan fingerprint density at radius 3 is 2.47 bits per heavy atom. The van der Waals surface area contributed by atoms with Gasteiger partial charge in [-0.15, -0.1) is 11.3 Å². The summed E-state index contributed by atoms with van der Waals surface area (Å²) in [6.45, 7) is 5.96. The molecule has 1 aliphatic rings. The number of carbonyl (C=O) groups is 1. The van der Waals surface area contributed by atoms with Gasteiger partial charge >= 0.3 is 0 Å². The van der Waals surface area contributed by atoms with E-state index in [9.17, 15) is 13.2 Å². The zero-order chi connectivity index (χ0) is 24.3. The van der Waals surface area contributed by atoms with Crippen molar-refractivity contribution in [3.63, 3.8) is 0 Å². The number of rotatable bonds is 7. The molecule has 0 atom stereocenters. The van der Waals surface area contributed by atoms with Crippen LogP contribution in [0.15, 0.2) is 64.9 Å². The Bertz CT molecular complexity index is 1260. The molecule has 1 fully saturated rings. The molecule has 1 amide bonds. The van der Waals surface area contributed by atoms with Crippen LogP contribution in [0.3, 0.4) is 0 Å². The number of methoxy groups -OCH3 is 1. The zero-order valence-corrected chi connectivity index (χ0v) is 21.2. The first-order chi connectivity index (χ1) is 16.3. The van der Waals surface area contributed by atoms with Gasteiger partial charge in [0.1, 0.15) is 15.5 Å². The molecule has 0 spiro atoms. The van der Waals surface area contributed by atoms with Crippen molar-refractivity contribution in [1.82, 2.24) is 4.31 Å². The maximum Gasteiger partial charge on any atom is 0.267 e. The predicted octanol–water partition coefficient (Wildman–Crippen LogP) is 4.64. The van der Waals surface area contributed by atoms with Crippen LogP contribution >= 0.6 is 11.3 Å². The molecule has 0 aliphatic carbocycles. The fourth-order valence-corrected chi connectivity index (χ4v) is 6.68. The maximum absolute atomic E-state index is 13.4. The molecule has 180 valence electrons. The molecule has 0 saturated carbocycles.